The predicted molar refractivity (Wildman–Crippen MR) is 142 cm³/mol. The largest absolute Gasteiger partial charge is 0.486 e. The molecule has 36 heavy (non-hydrogen) atoms. The van der Waals surface area contributed by atoms with Crippen molar-refractivity contribution in [3.05, 3.63) is 102 Å². The molecule has 5 heteroatoms. The minimum Gasteiger partial charge on any atom is -0.486 e. The van der Waals surface area contributed by atoms with E-state index in [2.05, 4.69) is 49.4 Å². The highest BCUT2D eigenvalue weighted by atomic mass is 19.1. The summed E-state index contributed by atoms with van der Waals surface area (Å²) in [7, 11) is 1.26. The molecule has 1 aliphatic heterocycles. The molecule has 1 heterocycles. The number of nitrogens with zero attached hydrogens (tertiary/aromatic N) is 1. The number of methoxy groups -OCH3 is 1. The Hall–Kier alpha value is -3.86. The van der Waals surface area contributed by atoms with Crippen LogP contribution < -0.4 is 9.64 Å². The summed E-state index contributed by atoms with van der Waals surface area (Å²) in [5.41, 5.74) is 2.44. The molecule has 0 radical (unpaired) electrons. The summed E-state index contributed by atoms with van der Waals surface area (Å²) in [6, 6.07) is 27.5. The van der Waals surface area contributed by atoms with Crippen LogP contribution in [0.3, 0.4) is 0 Å². The van der Waals surface area contributed by atoms with Gasteiger partial charge in [0.15, 0.2) is 5.82 Å². The SMILES string of the molecule is COC(=O)c1cccc(N2CC(CCC[C@H](C)c3cccc4ccccc34)Oc3ccccc32)c1F. The van der Waals surface area contributed by atoms with E-state index in [0.717, 1.165) is 30.7 Å². The number of ether oxygens (including phenoxy) is 2. The predicted octanol–water partition coefficient (Wildman–Crippen LogP) is 7.64. The molecule has 1 unspecified atom stereocenters. The number of esters is 1. The number of hydrogen-bond donors (Lipinski definition) is 0. The molecular formula is C31H30FNO3. The van der Waals surface area contributed by atoms with Crippen molar-refractivity contribution in [2.75, 3.05) is 18.6 Å². The van der Waals surface area contributed by atoms with E-state index < -0.39 is 11.8 Å². The van der Waals surface area contributed by atoms with Gasteiger partial charge in [0.05, 0.1) is 30.6 Å². The number of carbonyl (C=O) groups is 1. The van der Waals surface area contributed by atoms with Crippen molar-refractivity contribution in [3.63, 3.8) is 0 Å². The average molecular weight is 484 g/mol. The first kappa shape index (κ1) is 23.9. The highest BCUT2D eigenvalue weighted by molar-refractivity contribution is 5.91. The van der Waals surface area contributed by atoms with Crippen LogP contribution in [0.15, 0.2) is 84.9 Å². The van der Waals surface area contributed by atoms with Crippen LogP contribution in [0, 0.1) is 5.82 Å². The lowest BCUT2D eigenvalue weighted by atomic mass is 9.90. The lowest BCUT2D eigenvalue weighted by molar-refractivity contribution is 0.0595. The zero-order chi connectivity index (χ0) is 25.1. The minimum absolute atomic E-state index is 0.0700. The van der Waals surface area contributed by atoms with Gasteiger partial charge in [0.25, 0.3) is 0 Å². The monoisotopic (exact) mass is 483 g/mol. The number of rotatable bonds is 7. The maximum Gasteiger partial charge on any atom is 0.340 e. The van der Waals surface area contributed by atoms with Crippen LogP contribution in [0.1, 0.15) is 48.0 Å². The van der Waals surface area contributed by atoms with Gasteiger partial charge in [-0.05, 0) is 65.8 Å². The molecule has 5 rings (SSSR count). The van der Waals surface area contributed by atoms with E-state index in [1.807, 2.05) is 29.2 Å². The van der Waals surface area contributed by atoms with Gasteiger partial charge in [0, 0.05) is 0 Å². The van der Waals surface area contributed by atoms with E-state index >= 15 is 4.39 Å². The van der Waals surface area contributed by atoms with Crippen molar-refractivity contribution in [2.24, 2.45) is 0 Å². The van der Waals surface area contributed by atoms with Crippen LogP contribution in [0.25, 0.3) is 10.8 Å². The van der Waals surface area contributed by atoms with Crippen molar-refractivity contribution in [2.45, 2.75) is 38.2 Å². The molecule has 1 aliphatic rings. The third-order valence-electron chi connectivity index (χ3n) is 7.03. The molecule has 0 aliphatic carbocycles. The smallest absolute Gasteiger partial charge is 0.340 e. The molecular weight excluding hydrogens is 453 g/mol. The van der Waals surface area contributed by atoms with Crippen molar-refractivity contribution < 1.29 is 18.7 Å². The highest BCUT2D eigenvalue weighted by Crippen LogP contribution is 2.40. The molecule has 4 aromatic carbocycles. The lowest BCUT2D eigenvalue weighted by Gasteiger charge is -2.36. The third-order valence-corrected chi connectivity index (χ3v) is 7.03. The van der Waals surface area contributed by atoms with Gasteiger partial charge in [0.1, 0.15) is 11.9 Å². The maximum atomic E-state index is 15.4. The molecule has 0 saturated carbocycles. The van der Waals surface area contributed by atoms with Gasteiger partial charge in [-0.3, -0.25) is 0 Å². The third kappa shape index (κ3) is 4.66. The molecule has 0 spiro atoms. The molecule has 0 N–H and O–H groups in total. The van der Waals surface area contributed by atoms with Crippen molar-refractivity contribution in [1.29, 1.82) is 0 Å². The standard InChI is InChI=1S/C31H30FNO3/c1-21(24-15-8-12-22-11-3-4-14-25(22)24)10-7-13-23-20-33(27-17-5-6-19-29(27)36-23)28-18-9-16-26(30(28)32)31(34)35-2/h3-6,8-9,11-12,14-19,21,23H,7,10,13,20H2,1-2H3/t21-,23?/m0/s1. The van der Waals surface area contributed by atoms with Gasteiger partial charge in [-0.25, -0.2) is 9.18 Å². The first-order valence-electron chi connectivity index (χ1n) is 12.4. The number of benzene rings is 4. The summed E-state index contributed by atoms with van der Waals surface area (Å²) in [5.74, 6) is -0.129. The Bertz CT molecular complexity index is 1380. The van der Waals surface area contributed by atoms with E-state index in [0.29, 0.717) is 18.2 Å². The normalized spacial score (nSPS) is 15.8. The van der Waals surface area contributed by atoms with Gasteiger partial charge in [-0.1, -0.05) is 67.6 Å². The summed E-state index contributed by atoms with van der Waals surface area (Å²) >= 11 is 0. The van der Waals surface area contributed by atoms with Crippen LogP contribution in [0.4, 0.5) is 15.8 Å². The molecule has 2 atom stereocenters. The van der Waals surface area contributed by atoms with Gasteiger partial charge in [-0.15, -0.1) is 0 Å². The Morgan fingerprint density at radius 1 is 1.00 bits per heavy atom. The van der Waals surface area contributed by atoms with E-state index in [-0.39, 0.29) is 11.7 Å². The summed E-state index contributed by atoms with van der Waals surface area (Å²) in [5, 5.41) is 2.57. The van der Waals surface area contributed by atoms with Crippen LogP contribution >= 0.6 is 0 Å². The first-order chi connectivity index (χ1) is 17.6. The first-order valence-corrected chi connectivity index (χ1v) is 12.4. The van der Waals surface area contributed by atoms with Crippen molar-refractivity contribution in [1.82, 2.24) is 0 Å². The fraction of sp³-hybridized carbons (Fsp3) is 0.258. The quantitative estimate of drug-likeness (QED) is 0.253. The number of hydrogen-bond acceptors (Lipinski definition) is 4. The molecule has 0 aromatic heterocycles. The van der Waals surface area contributed by atoms with Gasteiger partial charge in [0.2, 0.25) is 0 Å². The van der Waals surface area contributed by atoms with E-state index in [1.54, 1.807) is 12.1 Å². The zero-order valence-electron chi connectivity index (χ0n) is 20.6. The lowest BCUT2D eigenvalue weighted by Crippen LogP contribution is -2.37. The summed E-state index contributed by atoms with van der Waals surface area (Å²) in [6.45, 7) is 2.78. The molecule has 0 bridgehead atoms. The Morgan fingerprint density at radius 3 is 2.58 bits per heavy atom. The Balaban J connectivity index is 1.33. The van der Waals surface area contributed by atoms with E-state index in [4.69, 9.17) is 9.47 Å². The number of halogens is 1. The number of para-hydroxylation sites is 2. The minimum atomic E-state index is -0.685. The highest BCUT2D eigenvalue weighted by Gasteiger charge is 2.29. The maximum absolute atomic E-state index is 15.4. The number of anilines is 2. The Kier molecular flexibility index (Phi) is 6.90. The molecule has 0 saturated heterocycles. The second-order valence-electron chi connectivity index (χ2n) is 9.35. The second kappa shape index (κ2) is 10.4. The topological polar surface area (TPSA) is 38.8 Å². The van der Waals surface area contributed by atoms with Gasteiger partial charge in [-0.2, -0.15) is 0 Å². The molecule has 0 amide bonds. The number of carbonyl (C=O) groups excluding carboxylic acids is 1. The van der Waals surface area contributed by atoms with Crippen molar-refractivity contribution in [3.8, 4) is 5.75 Å². The average Bonchev–Trinajstić information content (AvgIpc) is 2.92. The van der Waals surface area contributed by atoms with E-state index in [9.17, 15) is 4.79 Å². The van der Waals surface area contributed by atoms with Crippen LogP contribution in [-0.4, -0.2) is 25.7 Å². The van der Waals surface area contributed by atoms with Crippen LogP contribution in [-0.2, 0) is 4.74 Å². The fourth-order valence-corrected chi connectivity index (χ4v) is 5.16. The summed E-state index contributed by atoms with van der Waals surface area (Å²) < 4.78 is 26.5. The second-order valence-corrected chi connectivity index (χ2v) is 9.35. The zero-order valence-corrected chi connectivity index (χ0v) is 20.6. The van der Waals surface area contributed by atoms with E-state index in [1.165, 1.54) is 29.5 Å². The molecule has 4 nitrogen and oxygen atoms in total. The fourth-order valence-electron chi connectivity index (χ4n) is 5.16. The Morgan fingerprint density at radius 2 is 1.72 bits per heavy atom. The molecule has 0 fully saturated rings. The van der Waals surface area contributed by atoms with Gasteiger partial charge < -0.3 is 14.4 Å². The van der Waals surface area contributed by atoms with Crippen molar-refractivity contribution >= 4 is 28.1 Å². The van der Waals surface area contributed by atoms with Crippen LogP contribution in [0.2, 0.25) is 0 Å². The molecule has 4 aromatic rings. The molecule has 184 valence electrons. The van der Waals surface area contributed by atoms with Crippen LogP contribution in [0.5, 0.6) is 5.75 Å². The summed E-state index contributed by atoms with van der Waals surface area (Å²) in [6.07, 6.45) is 2.76. The Labute approximate surface area is 211 Å². The van der Waals surface area contributed by atoms with Gasteiger partial charge >= 0.3 is 5.97 Å². The number of fused-ring (bicyclic) bond motifs is 2. The summed E-state index contributed by atoms with van der Waals surface area (Å²) in [4.78, 5) is 14.0.